The zero-order chi connectivity index (χ0) is 23.4. The molecule has 1 aromatic carbocycles. The topological polar surface area (TPSA) is 78.3 Å². The van der Waals surface area contributed by atoms with Crippen LogP contribution in [-0.4, -0.2) is 24.6 Å². The number of benzene rings is 1. The number of halogens is 3. The molecule has 0 amide bonds. The summed E-state index contributed by atoms with van der Waals surface area (Å²) >= 11 is 7.25. The molecule has 6 rings (SSSR count). The van der Waals surface area contributed by atoms with Crippen molar-refractivity contribution in [2.75, 3.05) is 0 Å². The molecule has 170 valence electrons. The minimum atomic E-state index is -2.64. The van der Waals surface area contributed by atoms with E-state index in [1.54, 1.807) is 48.1 Å². The molecule has 0 fully saturated rings. The normalized spacial score (nSPS) is 11.9. The van der Waals surface area contributed by atoms with Crippen LogP contribution in [-0.2, 0) is 6.61 Å². The number of hydrogen-bond donors (Lipinski definition) is 0. The fraction of sp³-hybridized carbons (Fsp3) is 0.130. The van der Waals surface area contributed by atoms with Crippen molar-refractivity contribution < 1.29 is 17.9 Å². The van der Waals surface area contributed by atoms with E-state index in [1.807, 2.05) is 6.07 Å². The second kappa shape index (κ2) is 8.00. The predicted octanol–water partition coefficient (Wildman–Crippen LogP) is 6.63. The molecule has 0 radical (unpaired) electrons. The van der Waals surface area contributed by atoms with E-state index < -0.39 is 6.43 Å². The highest BCUT2D eigenvalue weighted by atomic mass is 35.5. The number of ether oxygens (including phenoxy) is 1. The van der Waals surface area contributed by atoms with Gasteiger partial charge in [0.25, 0.3) is 6.43 Å². The summed E-state index contributed by atoms with van der Waals surface area (Å²) in [6.45, 7) is 1.99. The summed E-state index contributed by atoms with van der Waals surface area (Å²) in [5, 5.41) is 5.80. The van der Waals surface area contributed by atoms with Crippen LogP contribution in [0.4, 0.5) is 8.78 Å². The summed E-state index contributed by atoms with van der Waals surface area (Å²) in [7, 11) is 0. The van der Waals surface area contributed by atoms with Crippen LogP contribution in [0.15, 0.2) is 53.2 Å². The summed E-state index contributed by atoms with van der Waals surface area (Å²) in [6.07, 6.45) is -1.09. The molecule has 0 bridgehead atoms. The summed E-state index contributed by atoms with van der Waals surface area (Å²) in [6, 6.07) is 12.1. The van der Waals surface area contributed by atoms with Crippen molar-refractivity contribution in [3.05, 3.63) is 70.8 Å². The molecule has 34 heavy (non-hydrogen) atoms. The van der Waals surface area contributed by atoms with Gasteiger partial charge < -0.3 is 9.15 Å². The fourth-order valence-corrected chi connectivity index (χ4v) is 5.10. The Morgan fingerprint density at radius 3 is 2.88 bits per heavy atom. The second-order valence-electron chi connectivity index (χ2n) is 7.58. The Labute approximate surface area is 199 Å². The number of furan rings is 1. The van der Waals surface area contributed by atoms with Crippen molar-refractivity contribution in [1.29, 1.82) is 0 Å². The lowest BCUT2D eigenvalue weighted by Crippen LogP contribution is -1.93. The Morgan fingerprint density at radius 2 is 2.06 bits per heavy atom. The summed E-state index contributed by atoms with van der Waals surface area (Å²) in [5.74, 6) is 2.07. The summed E-state index contributed by atoms with van der Waals surface area (Å²) < 4.78 is 40.3. The van der Waals surface area contributed by atoms with Gasteiger partial charge in [0.15, 0.2) is 11.4 Å². The van der Waals surface area contributed by atoms with E-state index in [0.717, 1.165) is 5.39 Å². The smallest absolute Gasteiger partial charge is 0.280 e. The minimum absolute atomic E-state index is 0.216. The van der Waals surface area contributed by atoms with E-state index in [0.29, 0.717) is 54.4 Å². The molecule has 0 atom stereocenters. The van der Waals surface area contributed by atoms with Gasteiger partial charge in [0, 0.05) is 10.4 Å². The van der Waals surface area contributed by atoms with Gasteiger partial charge in [-0.15, -0.1) is 16.4 Å². The fourth-order valence-electron chi connectivity index (χ4n) is 3.74. The zero-order valence-corrected chi connectivity index (χ0v) is 19.1. The third kappa shape index (κ3) is 3.55. The zero-order valence-electron chi connectivity index (χ0n) is 17.5. The number of hydrogen-bond acceptors (Lipinski definition) is 7. The van der Waals surface area contributed by atoms with Gasteiger partial charge in [0.05, 0.1) is 5.52 Å². The van der Waals surface area contributed by atoms with Crippen LogP contribution in [0, 0.1) is 6.92 Å². The molecule has 5 aromatic heterocycles. The van der Waals surface area contributed by atoms with E-state index >= 15 is 0 Å². The van der Waals surface area contributed by atoms with E-state index in [9.17, 15) is 8.78 Å². The van der Waals surface area contributed by atoms with Crippen molar-refractivity contribution >= 4 is 49.0 Å². The Morgan fingerprint density at radius 1 is 1.18 bits per heavy atom. The minimum Gasteiger partial charge on any atom is -0.486 e. The predicted molar refractivity (Wildman–Crippen MR) is 125 cm³/mol. The maximum atomic E-state index is 13.2. The maximum Gasteiger partial charge on any atom is 0.280 e. The molecular weight excluding hydrogens is 484 g/mol. The van der Waals surface area contributed by atoms with Gasteiger partial charge in [-0.3, -0.25) is 0 Å². The number of aromatic nitrogens is 5. The average molecular weight is 498 g/mol. The van der Waals surface area contributed by atoms with Gasteiger partial charge in [-0.2, -0.15) is 0 Å². The first-order valence-electron chi connectivity index (χ1n) is 10.2. The Balaban J connectivity index is 1.36. The van der Waals surface area contributed by atoms with E-state index in [2.05, 4.69) is 20.1 Å². The van der Waals surface area contributed by atoms with Crippen molar-refractivity contribution in [2.45, 2.75) is 20.0 Å². The van der Waals surface area contributed by atoms with E-state index in [1.165, 1.54) is 17.4 Å². The lowest BCUT2D eigenvalue weighted by molar-refractivity contribution is 0.146. The van der Waals surface area contributed by atoms with Gasteiger partial charge in [-0.05, 0) is 48.9 Å². The van der Waals surface area contributed by atoms with Crippen LogP contribution in [0.25, 0.3) is 37.7 Å². The summed E-state index contributed by atoms with van der Waals surface area (Å²) in [5.41, 5.74) is 1.65. The first-order valence-corrected chi connectivity index (χ1v) is 11.4. The molecule has 0 N–H and O–H groups in total. The molecule has 0 saturated heterocycles. The van der Waals surface area contributed by atoms with Gasteiger partial charge >= 0.3 is 0 Å². The molecule has 0 spiro atoms. The summed E-state index contributed by atoms with van der Waals surface area (Å²) in [4.78, 5) is 13.8. The quantitative estimate of drug-likeness (QED) is 0.266. The van der Waals surface area contributed by atoms with E-state index in [4.69, 9.17) is 20.8 Å². The first kappa shape index (κ1) is 20.9. The maximum absolute atomic E-state index is 13.2. The number of aryl methyl sites for hydroxylation is 1. The van der Waals surface area contributed by atoms with Crippen LogP contribution in [0.2, 0.25) is 5.02 Å². The number of pyridine rings is 1. The van der Waals surface area contributed by atoms with Crippen LogP contribution < -0.4 is 4.74 Å². The van der Waals surface area contributed by atoms with Crippen molar-refractivity contribution in [3.8, 4) is 17.3 Å². The van der Waals surface area contributed by atoms with Crippen LogP contribution >= 0.6 is 22.9 Å². The monoisotopic (exact) mass is 497 g/mol. The average Bonchev–Trinajstić information content (AvgIpc) is 3.53. The number of nitrogens with zero attached hydrogens (tertiary/aromatic N) is 5. The Kier molecular flexibility index (Phi) is 4.93. The van der Waals surface area contributed by atoms with Crippen molar-refractivity contribution in [2.24, 2.45) is 0 Å². The molecule has 7 nitrogen and oxygen atoms in total. The molecule has 0 aliphatic heterocycles. The first-order chi connectivity index (χ1) is 16.5. The third-order valence-electron chi connectivity index (χ3n) is 5.27. The van der Waals surface area contributed by atoms with Crippen LogP contribution in [0.5, 0.6) is 5.75 Å². The second-order valence-corrected chi connectivity index (χ2v) is 9.02. The van der Waals surface area contributed by atoms with Gasteiger partial charge in [-0.25, -0.2) is 28.2 Å². The molecule has 0 aliphatic carbocycles. The molecular formula is C23H14ClF2N5O2S. The molecule has 5 heterocycles. The standard InChI is InChI=1S/C23H14ClF2N5O2S/c1-11-7-15(20(25)26)28-23-17(11)18-19(34-23)22-29-21(30-31(22)10-27-18)16-6-5-14(33-16)9-32-13-4-2-3-12(24)8-13/h2-8,10,20H,9H2,1H3. The largest absolute Gasteiger partial charge is 0.486 e. The van der Waals surface area contributed by atoms with Crippen molar-refractivity contribution in [3.63, 3.8) is 0 Å². The molecule has 0 aliphatic rings. The Bertz CT molecular complexity index is 1690. The van der Waals surface area contributed by atoms with Gasteiger partial charge in [0.2, 0.25) is 5.82 Å². The highest BCUT2D eigenvalue weighted by molar-refractivity contribution is 7.26. The molecule has 11 heteroatoms. The molecule has 6 aromatic rings. The van der Waals surface area contributed by atoms with Gasteiger partial charge in [-0.1, -0.05) is 17.7 Å². The van der Waals surface area contributed by atoms with Gasteiger partial charge in [0.1, 0.15) is 39.7 Å². The van der Waals surface area contributed by atoms with Crippen LogP contribution in [0.1, 0.15) is 23.4 Å². The highest BCUT2D eigenvalue weighted by Gasteiger charge is 2.20. The molecule has 0 unspecified atom stereocenters. The third-order valence-corrected chi connectivity index (χ3v) is 6.57. The number of rotatable bonds is 5. The lowest BCUT2D eigenvalue weighted by Gasteiger charge is -2.03. The number of thiophene rings is 1. The lowest BCUT2D eigenvalue weighted by atomic mass is 10.1. The van der Waals surface area contributed by atoms with Crippen molar-refractivity contribution in [1.82, 2.24) is 24.6 Å². The SMILES string of the molecule is Cc1cc(C(F)F)nc2sc3c(ncn4nc(-c5ccc(COc6cccc(Cl)c6)o5)nc34)c12. The van der Waals surface area contributed by atoms with E-state index in [-0.39, 0.29) is 12.3 Å². The van der Waals surface area contributed by atoms with Crippen LogP contribution in [0.3, 0.4) is 0 Å². The number of alkyl halides is 2. The number of fused-ring (bicyclic) bond motifs is 5. The highest BCUT2D eigenvalue weighted by Crippen LogP contribution is 2.37. The molecule has 0 saturated carbocycles. The Hall–Kier alpha value is -3.63.